The van der Waals surface area contributed by atoms with E-state index < -0.39 is 0 Å². The van der Waals surface area contributed by atoms with Gasteiger partial charge in [0.25, 0.3) is 5.91 Å². The van der Waals surface area contributed by atoms with Gasteiger partial charge in [0.05, 0.1) is 23.0 Å². The zero-order valence-electron chi connectivity index (χ0n) is 18.3. The topological polar surface area (TPSA) is 91.5 Å². The normalized spacial score (nSPS) is 10.5. The van der Waals surface area contributed by atoms with Crippen LogP contribution in [0.25, 0.3) is 16.9 Å². The molecule has 0 saturated heterocycles. The van der Waals surface area contributed by atoms with E-state index in [9.17, 15) is 9.18 Å². The number of halogens is 2. The van der Waals surface area contributed by atoms with Gasteiger partial charge < -0.3 is 15.7 Å². The molecule has 7 nitrogen and oxygen atoms in total. The Morgan fingerprint density at radius 1 is 1.15 bits per heavy atom. The van der Waals surface area contributed by atoms with Crippen LogP contribution in [0.2, 0.25) is 0 Å². The molecular weight excluding hydrogens is 489 g/mol. The first kappa shape index (κ1) is 24.3. The summed E-state index contributed by atoms with van der Waals surface area (Å²) in [5.74, 6) is 0.0649. The Hall–Kier alpha value is -3.30. The van der Waals surface area contributed by atoms with E-state index in [0.717, 1.165) is 5.56 Å². The average Bonchev–Trinajstić information content (AvgIpc) is 3.23. The molecule has 0 radical (unpaired) electrons. The Morgan fingerprint density at radius 3 is 2.58 bits per heavy atom. The number of nitrogens with zero attached hydrogens (tertiary/aromatic N) is 3. The Kier molecular flexibility index (Phi) is 8.51. The number of aliphatic hydroxyl groups excluding tert-OH is 1. The van der Waals surface area contributed by atoms with Gasteiger partial charge in [-0.2, -0.15) is 9.61 Å². The maximum atomic E-state index is 14.3. The quantitative estimate of drug-likeness (QED) is 0.334. The second-order valence-electron chi connectivity index (χ2n) is 6.76. The maximum Gasteiger partial charge on any atom is 0.251 e. The van der Waals surface area contributed by atoms with Crippen molar-refractivity contribution in [2.75, 3.05) is 18.5 Å². The van der Waals surface area contributed by atoms with Crippen LogP contribution < -0.4 is 10.6 Å². The molecule has 3 N–H and O–H groups in total. The minimum atomic E-state index is -0.351. The van der Waals surface area contributed by atoms with E-state index in [1.807, 2.05) is 26.0 Å². The second-order valence-corrected chi connectivity index (χ2v) is 7.62. The number of aromatic nitrogens is 3. The average molecular weight is 514 g/mol. The minimum Gasteiger partial charge on any atom is -0.395 e. The highest BCUT2D eigenvalue weighted by molar-refractivity contribution is 9.10. The number of hydrogen-bond acceptors (Lipinski definition) is 5. The third kappa shape index (κ3) is 5.74. The highest BCUT2D eigenvalue weighted by atomic mass is 79.9. The van der Waals surface area contributed by atoms with Crippen LogP contribution in [0.1, 0.15) is 29.8 Å². The van der Waals surface area contributed by atoms with Gasteiger partial charge in [0.2, 0.25) is 0 Å². The highest BCUT2D eigenvalue weighted by Crippen LogP contribution is 2.27. The summed E-state index contributed by atoms with van der Waals surface area (Å²) in [5.41, 5.74) is 2.92. The van der Waals surface area contributed by atoms with E-state index in [4.69, 9.17) is 5.11 Å². The standard InChI is InChI=1S/C22H19BrFN5O2.C2H6/c23-17-13-27-29-20(11-19(28-21(17)29)16-3-1-2-4-18(16)24)26-12-14-5-7-15(8-6-14)22(31)25-9-10-30;1-2/h1-8,11,13,26,30H,9-10,12H2,(H,25,31);1-2H3. The predicted octanol–water partition coefficient (Wildman–Crippen LogP) is 4.66. The molecule has 2 aromatic heterocycles. The lowest BCUT2D eigenvalue weighted by molar-refractivity contribution is 0.0945. The van der Waals surface area contributed by atoms with Crippen molar-refractivity contribution in [2.24, 2.45) is 0 Å². The number of amides is 1. The van der Waals surface area contributed by atoms with E-state index >= 15 is 0 Å². The van der Waals surface area contributed by atoms with Gasteiger partial charge in [0.1, 0.15) is 11.6 Å². The first-order valence-corrected chi connectivity index (χ1v) is 11.4. The molecule has 33 heavy (non-hydrogen) atoms. The van der Waals surface area contributed by atoms with Crippen LogP contribution in [0, 0.1) is 5.82 Å². The number of benzene rings is 2. The van der Waals surface area contributed by atoms with Gasteiger partial charge in [0.15, 0.2) is 5.65 Å². The molecule has 0 fully saturated rings. The molecule has 9 heteroatoms. The summed E-state index contributed by atoms with van der Waals surface area (Å²) in [6.45, 7) is 4.57. The van der Waals surface area contributed by atoms with Gasteiger partial charge in [0, 0.05) is 30.3 Å². The van der Waals surface area contributed by atoms with Crippen molar-refractivity contribution >= 4 is 33.3 Å². The molecular formula is C24H25BrFN5O2. The monoisotopic (exact) mass is 513 g/mol. The van der Waals surface area contributed by atoms with Gasteiger partial charge in [-0.05, 0) is 45.8 Å². The molecule has 0 spiro atoms. The van der Waals surface area contributed by atoms with Crippen LogP contribution in [0.3, 0.4) is 0 Å². The number of nitrogens with one attached hydrogen (secondary N) is 2. The van der Waals surface area contributed by atoms with Gasteiger partial charge in [-0.25, -0.2) is 9.37 Å². The van der Waals surface area contributed by atoms with Crippen molar-refractivity contribution in [3.8, 4) is 11.3 Å². The third-order valence-electron chi connectivity index (χ3n) is 4.67. The molecule has 1 amide bonds. The second kappa shape index (κ2) is 11.5. The lowest BCUT2D eigenvalue weighted by Gasteiger charge is -2.12. The third-order valence-corrected chi connectivity index (χ3v) is 5.23. The lowest BCUT2D eigenvalue weighted by Crippen LogP contribution is -2.26. The zero-order chi connectivity index (χ0) is 23.8. The van der Waals surface area contributed by atoms with Crippen LogP contribution in [-0.2, 0) is 6.54 Å². The van der Waals surface area contributed by atoms with Crippen molar-refractivity contribution in [3.63, 3.8) is 0 Å². The summed E-state index contributed by atoms with van der Waals surface area (Å²) in [6.07, 6.45) is 1.64. The molecule has 4 rings (SSSR count). The fourth-order valence-electron chi connectivity index (χ4n) is 3.11. The van der Waals surface area contributed by atoms with Crippen molar-refractivity contribution < 1.29 is 14.3 Å². The lowest BCUT2D eigenvalue weighted by atomic mass is 10.1. The van der Waals surface area contributed by atoms with Crippen LogP contribution >= 0.6 is 15.9 Å². The summed E-state index contributed by atoms with van der Waals surface area (Å²) < 4.78 is 16.7. The summed E-state index contributed by atoms with van der Waals surface area (Å²) in [5, 5.41) is 19.1. The summed E-state index contributed by atoms with van der Waals surface area (Å²) in [6, 6.07) is 15.4. The molecule has 0 bridgehead atoms. The number of rotatable bonds is 7. The Labute approximate surface area is 199 Å². The molecule has 0 unspecified atom stereocenters. The maximum absolute atomic E-state index is 14.3. The number of hydrogen-bond donors (Lipinski definition) is 3. The molecule has 0 atom stereocenters. The predicted molar refractivity (Wildman–Crippen MR) is 131 cm³/mol. The molecule has 2 heterocycles. The molecule has 0 aliphatic rings. The molecule has 0 aliphatic carbocycles. The fourth-order valence-corrected chi connectivity index (χ4v) is 3.46. The summed E-state index contributed by atoms with van der Waals surface area (Å²) in [4.78, 5) is 16.5. The molecule has 2 aromatic carbocycles. The smallest absolute Gasteiger partial charge is 0.251 e. The van der Waals surface area contributed by atoms with Gasteiger partial charge in [-0.3, -0.25) is 4.79 Å². The zero-order valence-corrected chi connectivity index (χ0v) is 19.9. The largest absolute Gasteiger partial charge is 0.395 e. The van der Waals surface area contributed by atoms with Gasteiger partial charge >= 0.3 is 0 Å². The Bertz CT molecular complexity index is 1230. The van der Waals surface area contributed by atoms with E-state index in [0.29, 0.717) is 39.3 Å². The molecule has 0 saturated carbocycles. The van der Waals surface area contributed by atoms with Crippen molar-refractivity contribution in [1.82, 2.24) is 19.9 Å². The van der Waals surface area contributed by atoms with Crippen LogP contribution in [-0.4, -0.2) is 38.8 Å². The number of aliphatic hydroxyl groups is 1. The Morgan fingerprint density at radius 2 is 1.88 bits per heavy atom. The molecule has 172 valence electrons. The van der Waals surface area contributed by atoms with E-state index in [-0.39, 0.29) is 24.9 Å². The van der Waals surface area contributed by atoms with Crippen molar-refractivity contribution in [3.05, 3.63) is 82.2 Å². The number of fused-ring (bicyclic) bond motifs is 1. The number of carbonyl (C=O) groups is 1. The van der Waals surface area contributed by atoms with Gasteiger partial charge in [-0.15, -0.1) is 0 Å². The summed E-state index contributed by atoms with van der Waals surface area (Å²) in [7, 11) is 0. The minimum absolute atomic E-state index is 0.105. The fraction of sp³-hybridized carbons (Fsp3) is 0.208. The van der Waals surface area contributed by atoms with Crippen LogP contribution in [0.4, 0.5) is 10.2 Å². The first-order chi connectivity index (χ1) is 16.1. The SMILES string of the molecule is CC.O=C(NCCO)c1ccc(CNc2cc(-c3ccccc3F)nc3c(Br)cnn23)cc1. The number of carbonyl (C=O) groups excluding carboxylic acids is 1. The van der Waals surface area contributed by atoms with Crippen molar-refractivity contribution in [2.45, 2.75) is 20.4 Å². The highest BCUT2D eigenvalue weighted by Gasteiger charge is 2.14. The summed E-state index contributed by atoms with van der Waals surface area (Å²) >= 11 is 3.44. The van der Waals surface area contributed by atoms with Crippen molar-refractivity contribution in [1.29, 1.82) is 0 Å². The molecule has 0 aliphatic heterocycles. The van der Waals surface area contributed by atoms with Gasteiger partial charge in [-0.1, -0.05) is 38.1 Å². The number of anilines is 1. The van der Waals surface area contributed by atoms with E-state index in [1.54, 1.807) is 47.1 Å². The first-order valence-electron chi connectivity index (χ1n) is 10.6. The molecule has 4 aromatic rings. The van der Waals surface area contributed by atoms with E-state index in [1.165, 1.54) is 6.07 Å². The van der Waals surface area contributed by atoms with Crippen LogP contribution in [0.5, 0.6) is 0 Å². The van der Waals surface area contributed by atoms with E-state index in [2.05, 4.69) is 36.6 Å². The van der Waals surface area contributed by atoms with Crippen LogP contribution in [0.15, 0.2) is 65.3 Å². The Balaban J connectivity index is 0.00000149.